The zero-order valence-electron chi connectivity index (χ0n) is 12.0. The highest BCUT2D eigenvalue weighted by molar-refractivity contribution is 5.77. The van der Waals surface area contributed by atoms with E-state index in [1.54, 1.807) is 7.11 Å². The number of anilines is 1. The summed E-state index contributed by atoms with van der Waals surface area (Å²) in [5.74, 6) is 0.0862. The molecule has 0 radical (unpaired) electrons. The molecule has 1 aromatic carbocycles. The topological polar surface area (TPSA) is 32.8 Å². The number of carbonyl (C=O) groups is 1. The van der Waals surface area contributed by atoms with E-state index in [9.17, 15) is 4.79 Å². The molecule has 0 spiro atoms. The highest BCUT2D eigenvalue weighted by atomic mass is 16.5. The molecule has 0 aliphatic carbocycles. The van der Waals surface area contributed by atoms with E-state index in [0.717, 1.165) is 26.2 Å². The van der Waals surface area contributed by atoms with E-state index in [2.05, 4.69) is 36.9 Å². The van der Waals surface area contributed by atoms with Crippen LogP contribution in [0.25, 0.3) is 0 Å². The third kappa shape index (κ3) is 3.07. The fourth-order valence-corrected chi connectivity index (χ4v) is 2.49. The Kier molecular flexibility index (Phi) is 4.43. The minimum absolute atomic E-state index is 0.0862. The van der Waals surface area contributed by atoms with Gasteiger partial charge in [-0.15, -0.1) is 0 Å². The van der Waals surface area contributed by atoms with Crippen molar-refractivity contribution in [2.24, 2.45) is 0 Å². The van der Waals surface area contributed by atoms with E-state index in [-0.39, 0.29) is 12.5 Å². The van der Waals surface area contributed by atoms with Gasteiger partial charge in [-0.2, -0.15) is 0 Å². The molecule has 1 aliphatic rings. The number of hydrogen-bond acceptors (Lipinski definition) is 3. The second-order valence-electron chi connectivity index (χ2n) is 5.02. The van der Waals surface area contributed by atoms with Gasteiger partial charge >= 0.3 is 0 Å². The lowest BCUT2D eigenvalue weighted by Crippen LogP contribution is -2.49. The molecule has 1 aromatic rings. The van der Waals surface area contributed by atoms with Crippen LogP contribution in [0.15, 0.2) is 18.2 Å². The number of aryl methyl sites for hydroxylation is 1. The molecule has 0 atom stereocenters. The van der Waals surface area contributed by atoms with Gasteiger partial charge in [0.05, 0.1) is 0 Å². The predicted octanol–water partition coefficient (Wildman–Crippen LogP) is 1.60. The number of amides is 1. The molecule has 2 rings (SSSR count). The molecule has 104 valence electrons. The molecule has 1 aliphatic heterocycles. The summed E-state index contributed by atoms with van der Waals surface area (Å²) >= 11 is 0. The number of hydrogen-bond donors (Lipinski definition) is 0. The molecule has 4 heteroatoms. The average molecular weight is 262 g/mol. The summed E-state index contributed by atoms with van der Waals surface area (Å²) in [5, 5.41) is 0. The second-order valence-corrected chi connectivity index (χ2v) is 5.02. The minimum atomic E-state index is 0.0862. The number of rotatable bonds is 3. The van der Waals surface area contributed by atoms with Gasteiger partial charge in [-0.25, -0.2) is 0 Å². The number of carbonyl (C=O) groups excluding carboxylic acids is 1. The molecule has 19 heavy (non-hydrogen) atoms. The van der Waals surface area contributed by atoms with Crippen LogP contribution >= 0.6 is 0 Å². The number of ether oxygens (including phenoxy) is 1. The third-order valence-corrected chi connectivity index (χ3v) is 3.82. The van der Waals surface area contributed by atoms with E-state index in [1.165, 1.54) is 16.8 Å². The Hall–Kier alpha value is -1.55. The van der Waals surface area contributed by atoms with Gasteiger partial charge in [-0.3, -0.25) is 4.79 Å². The van der Waals surface area contributed by atoms with Gasteiger partial charge in [0, 0.05) is 39.0 Å². The van der Waals surface area contributed by atoms with Crippen molar-refractivity contribution < 1.29 is 9.53 Å². The van der Waals surface area contributed by atoms with Gasteiger partial charge in [0.15, 0.2) is 0 Å². The van der Waals surface area contributed by atoms with Crippen LogP contribution in [0.2, 0.25) is 0 Å². The fraction of sp³-hybridized carbons (Fsp3) is 0.533. The van der Waals surface area contributed by atoms with Gasteiger partial charge in [0.2, 0.25) is 5.91 Å². The van der Waals surface area contributed by atoms with Crippen molar-refractivity contribution >= 4 is 11.6 Å². The predicted molar refractivity (Wildman–Crippen MR) is 76.6 cm³/mol. The number of piperazine rings is 1. The molecular formula is C15H22N2O2. The van der Waals surface area contributed by atoms with Crippen LogP contribution in [0, 0.1) is 13.8 Å². The molecule has 4 nitrogen and oxygen atoms in total. The first-order chi connectivity index (χ1) is 9.13. The summed E-state index contributed by atoms with van der Waals surface area (Å²) < 4.78 is 4.90. The number of methoxy groups -OCH3 is 1. The van der Waals surface area contributed by atoms with E-state index >= 15 is 0 Å². The molecule has 0 unspecified atom stereocenters. The lowest BCUT2D eigenvalue weighted by molar-refractivity contribution is -0.135. The first-order valence-corrected chi connectivity index (χ1v) is 6.71. The molecule has 1 saturated heterocycles. The van der Waals surface area contributed by atoms with Crippen molar-refractivity contribution in [2.75, 3.05) is 44.8 Å². The van der Waals surface area contributed by atoms with Crippen molar-refractivity contribution in [3.8, 4) is 0 Å². The van der Waals surface area contributed by atoms with Gasteiger partial charge in [0.25, 0.3) is 0 Å². The molecule has 0 aromatic heterocycles. The van der Waals surface area contributed by atoms with Gasteiger partial charge in [-0.1, -0.05) is 12.1 Å². The fourth-order valence-electron chi connectivity index (χ4n) is 2.49. The van der Waals surface area contributed by atoms with Crippen molar-refractivity contribution in [2.45, 2.75) is 13.8 Å². The maximum Gasteiger partial charge on any atom is 0.248 e. The van der Waals surface area contributed by atoms with Crippen molar-refractivity contribution in [3.05, 3.63) is 29.3 Å². The van der Waals surface area contributed by atoms with E-state index in [0.29, 0.717) is 0 Å². The van der Waals surface area contributed by atoms with Crippen LogP contribution in [-0.4, -0.2) is 50.7 Å². The Labute approximate surface area is 115 Å². The largest absolute Gasteiger partial charge is 0.375 e. The van der Waals surface area contributed by atoms with Crippen LogP contribution in [0.1, 0.15) is 11.1 Å². The Morgan fingerprint density at radius 2 is 1.89 bits per heavy atom. The lowest BCUT2D eigenvalue weighted by atomic mass is 10.1. The Balaban J connectivity index is 2.00. The zero-order chi connectivity index (χ0) is 13.8. The maximum absolute atomic E-state index is 11.7. The quantitative estimate of drug-likeness (QED) is 0.829. The second kappa shape index (κ2) is 6.06. The molecule has 1 fully saturated rings. The monoisotopic (exact) mass is 262 g/mol. The SMILES string of the molecule is COCC(=O)N1CCN(c2cccc(C)c2C)CC1. The van der Waals surface area contributed by atoms with Crippen molar-refractivity contribution in [1.29, 1.82) is 0 Å². The standard InChI is InChI=1S/C15H22N2O2/c1-12-5-4-6-14(13(12)2)16-7-9-17(10-8-16)15(18)11-19-3/h4-6H,7-11H2,1-3H3. The van der Waals surface area contributed by atoms with Gasteiger partial charge < -0.3 is 14.5 Å². The summed E-state index contributed by atoms with van der Waals surface area (Å²) in [7, 11) is 1.56. The first kappa shape index (κ1) is 13.9. The molecule has 1 amide bonds. The molecule has 0 bridgehead atoms. The number of benzene rings is 1. The summed E-state index contributed by atoms with van der Waals surface area (Å²) in [4.78, 5) is 16.0. The third-order valence-electron chi connectivity index (χ3n) is 3.82. The molecule has 0 saturated carbocycles. The minimum Gasteiger partial charge on any atom is -0.375 e. The van der Waals surface area contributed by atoms with E-state index in [1.807, 2.05) is 4.90 Å². The summed E-state index contributed by atoms with van der Waals surface area (Å²) in [6, 6.07) is 6.40. The Morgan fingerprint density at radius 3 is 2.53 bits per heavy atom. The normalized spacial score (nSPS) is 15.7. The van der Waals surface area contributed by atoms with Gasteiger partial charge in [-0.05, 0) is 31.0 Å². The maximum atomic E-state index is 11.7. The summed E-state index contributed by atoms with van der Waals surface area (Å²) in [6.45, 7) is 7.80. The van der Waals surface area contributed by atoms with Gasteiger partial charge in [0.1, 0.15) is 6.61 Å². The lowest BCUT2D eigenvalue weighted by Gasteiger charge is -2.37. The average Bonchev–Trinajstić information content (AvgIpc) is 2.42. The highest BCUT2D eigenvalue weighted by Gasteiger charge is 2.21. The summed E-state index contributed by atoms with van der Waals surface area (Å²) in [6.07, 6.45) is 0. The Bertz CT molecular complexity index is 451. The molecule has 0 N–H and O–H groups in total. The molecule has 1 heterocycles. The first-order valence-electron chi connectivity index (χ1n) is 6.71. The van der Waals surface area contributed by atoms with E-state index in [4.69, 9.17) is 4.74 Å². The van der Waals surface area contributed by atoms with Crippen LogP contribution in [0.3, 0.4) is 0 Å². The summed E-state index contributed by atoms with van der Waals surface area (Å²) in [5.41, 5.74) is 3.94. The highest BCUT2D eigenvalue weighted by Crippen LogP contribution is 2.23. The van der Waals surface area contributed by atoms with E-state index < -0.39 is 0 Å². The van der Waals surface area contributed by atoms with Crippen LogP contribution in [0.4, 0.5) is 5.69 Å². The van der Waals surface area contributed by atoms with Crippen molar-refractivity contribution in [3.63, 3.8) is 0 Å². The van der Waals surface area contributed by atoms with Crippen LogP contribution in [-0.2, 0) is 9.53 Å². The van der Waals surface area contributed by atoms with Crippen LogP contribution in [0.5, 0.6) is 0 Å². The number of nitrogens with zero attached hydrogens (tertiary/aromatic N) is 2. The smallest absolute Gasteiger partial charge is 0.248 e. The molecular weight excluding hydrogens is 240 g/mol. The van der Waals surface area contributed by atoms with Crippen LogP contribution < -0.4 is 4.90 Å². The Morgan fingerprint density at radius 1 is 1.21 bits per heavy atom. The zero-order valence-corrected chi connectivity index (χ0v) is 12.0. The van der Waals surface area contributed by atoms with Crippen molar-refractivity contribution in [1.82, 2.24) is 4.90 Å².